The number of hydrogen-bond donors (Lipinski definition) is 2. The van der Waals surface area contributed by atoms with Crippen LogP contribution in [0.2, 0.25) is 0 Å². The lowest BCUT2D eigenvalue weighted by Crippen LogP contribution is -2.52. The van der Waals surface area contributed by atoms with Gasteiger partial charge in [0.05, 0.1) is 12.2 Å². The summed E-state index contributed by atoms with van der Waals surface area (Å²) in [6, 6.07) is 20.8. The van der Waals surface area contributed by atoms with Crippen LogP contribution in [-0.4, -0.2) is 41.0 Å². The molecule has 0 radical (unpaired) electrons. The fourth-order valence-corrected chi connectivity index (χ4v) is 5.22. The van der Waals surface area contributed by atoms with E-state index in [1.807, 2.05) is 19.2 Å². The summed E-state index contributed by atoms with van der Waals surface area (Å²) < 4.78 is 5.69. The van der Waals surface area contributed by atoms with Crippen LogP contribution >= 0.6 is 0 Å². The summed E-state index contributed by atoms with van der Waals surface area (Å²) in [6.45, 7) is 3.71. The van der Waals surface area contributed by atoms with Crippen molar-refractivity contribution in [2.45, 2.75) is 63.8 Å². The van der Waals surface area contributed by atoms with Crippen molar-refractivity contribution < 1.29 is 4.42 Å². The molecule has 2 fully saturated rings. The number of guanidine groups is 1. The maximum Gasteiger partial charge on any atom is 0.226 e. The van der Waals surface area contributed by atoms with Crippen LogP contribution in [0, 0.1) is 6.92 Å². The number of aliphatic imine (C=N–C) groups is 1. The van der Waals surface area contributed by atoms with Gasteiger partial charge in [-0.1, -0.05) is 48.0 Å². The van der Waals surface area contributed by atoms with Gasteiger partial charge in [-0.05, 0) is 50.3 Å². The Hall–Kier alpha value is -3.12. The van der Waals surface area contributed by atoms with Crippen molar-refractivity contribution in [2.75, 3.05) is 7.05 Å². The van der Waals surface area contributed by atoms with Gasteiger partial charge in [0, 0.05) is 37.3 Å². The number of nitrogens with zero attached hydrogens (tertiary/aromatic N) is 3. The van der Waals surface area contributed by atoms with Crippen LogP contribution in [-0.2, 0) is 13.1 Å². The zero-order chi connectivity index (χ0) is 22.6. The Kier molecular flexibility index (Phi) is 6.44. The molecule has 2 aliphatic rings. The van der Waals surface area contributed by atoms with E-state index in [0.29, 0.717) is 30.6 Å². The van der Waals surface area contributed by atoms with Crippen LogP contribution in [0.1, 0.15) is 42.5 Å². The van der Waals surface area contributed by atoms with E-state index in [-0.39, 0.29) is 0 Å². The molecule has 33 heavy (non-hydrogen) atoms. The number of piperidine rings is 1. The number of rotatable bonds is 6. The molecule has 0 aliphatic carbocycles. The van der Waals surface area contributed by atoms with E-state index in [1.165, 1.54) is 24.0 Å². The first-order valence-corrected chi connectivity index (χ1v) is 12.0. The summed E-state index contributed by atoms with van der Waals surface area (Å²) in [7, 11) is 1.83. The van der Waals surface area contributed by atoms with Crippen molar-refractivity contribution in [2.24, 2.45) is 4.99 Å². The highest BCUT2D eigenvalue weighted by atomic mass is 16.3. The van der Waals surface area contributed by atoms with Gasteiger partial charge < -0.3 is 15.1 Å². The van der Waals surface area contributed by atoms with Gasteiger partial charge in [0.2, 0.25) is 5.89 Å². The summed E-state index contributed by atoms with van der Waals surface area (Å²) in [5, 5.41) is 7.07. The van der Waals surface area contributed by atoms with Crippen LogP contribution < -0.4 is 10.6 Å². The van der Waals surface area contributed by atoms with Gasteiger partial charge in [0.1, 0.15) is 6.26 Å². The van der Waals surface area contributed by atoms with Crippen LogP contribution in [0.15, 0.2) is 70.3 Å². The first-order valence-electron chi connectivity index (χ1n) is 12.0. The molecule has 2 unspecified atom stereocenters. The van der Waals surface area contributed by atoms with Crippen molar-refractivity contribution in [3.8, 4) is 11.5 Å². The minimum Gasteiger partial charge on any atom is -0.444 e. The standard InChI is InChI=1S/C27H33N5O/c1-19-8-10-21(11-9-19)26-30-23(18-33-26)16-29-27(28-2)31-22-14-24-12-13-25(15-22)32(24)17-20-6-4-3-5-7-20/h3-11,18,22,24-25H,12-17H2,1-2H3,(H2,28,29,31). The summed E-state index contributed by atoms with van der Waals surface area (Å²) in [5.74, 6) is 1.48. The second kappa shape index (κ2) is 9.79. The second-order valence-electron chi connectivity index (χ2n) is 9.29. The van der Waals surface area contributed by atoms with E-state index >= 15 is 0 Å². The first kappa shape index (κ1) is 21.7. The summed E-state index contributed by atoms with van der Waals surface area (Å²) >= 11 is 0. The molecule has 172 valence electrons. The van der Waals surface area contributed by atoms with Gasteiger partial charge >= 0.3 is 0 Å². The number of hydrogen-bond acceptors (Lipinski definition) is 4. The molecule has 2 aromatic carbocycles. The third-order valence-corrected chi connectivity index (χ3v) is 6.94. The molecule has 2 bridgehead atoms. The molecule has 0 saturated carbocycles. The van der Waals surface area contributed by atoms with E-state index in [9.17, 15) is 0 Å². The highest BCUT2D eigenvalue weighted by Gasteiger charge is 2.40. The highest BCUT2D eigenvalue weighted by molar-refractivity contribution is 5.80. The molecule has 6 nitrogen and oxygen atoms in total. The lowest BCUT2D eigenvalue weighted by atomic mass is 9.96. The molecule has 2 saturated heterocycles. The van der Waals surface area contributed by atoms with E-state index in [0.717, 1.165) is 36.6 Å². The highest BCUT2D eigenvalue weighted by Crippen LogP contribution is 2.36. The van der Waals surface area contributed by atoms with E-state index < -0.39 is 0 Å². The maximum atomic E-state index is 5.69. The smallest absolute Gasteiger partial charge is 0.226 e. The lowest BCUT2D eigenvalue weighted by Gasteiger charge is -2.39. The summed E-state index contributed by atoms with van der Waals surface area (Å²) in [4.78, 5) is 11.8. The predicted octanol–water partition coefficient (Wildman–Crippen LogP) is 4.51. The second-order valence-corrected chi connectivity index (χ2v) is 9.29. The quantitative estimate of drug-likeness (QED) is 0.433. The van der Waals surface area contributed by atoms with Crippen LogP contribution in [0.25, 0.3) is 11.5 Å². The van der Waals surface area contributed by atoms with Crippen molar-refractivity contribution in [3.63, 3.8) is 0 Å². The summed E-state index contributed by atoms with van der Waals surface area (Å²) in [6.07, 6.45) is 6.62. The monoisotopic (exact) mass is 443 g/mol. The Morgan fingerprint density at radius 3 is 2.48 bits per heavy atom. The molecule has 2 aliphatic heterocycles. The van der Waals surface area contributed by atoms with E-state index in [1.54, 1.807) is 6.26 Å². The van der Waals surface area contributed by atoms with Gasteiger partial charge in [-0.15, -0.1) is 0 Å². The molecule has 0 amide bonds. The average molecular weight is 444 g/mol. The number of fused-ring (bicyclic) bond motifs is 2. The number of aromatic nitrogens is 1. The Morgan fingerprint density at radius 1 is 1.06 bits per heavy atom. The van der Waals surface area contributed by atoms with E-state index in [2.05, 4.69) is 74.9 Å². The summed E-state index contributed by atoms with van der Waals surface area (Å²) in [5.41, 5.74) is 4.50. The SMILES string of the molecule is CN=C(NCc1coc(-c2ccc(C)cc2)n1)NC1CC2CCC(C1)N2Cc1ccccc1. The third kappa shape index (κ3) is 5.11. The van der Waals surface area contributed by atoms with Crippen molar-refractivity contribution in [1.29, 1.82) is 0 Å². The fourth-order valence-electron chi connectivity index (χ4n) is 5.22. The first-order chi connectivity index (χ1) is 16.2. The predicted molar refractivity (Wildman–Crippen MR) is 132 cm³/mol. The van der Waals surface area contributed by atoms with Crippen molar-refractivity contribution >= 4 is 5.96 Å². The topological polar surface area (TPSA) is 65.7 Å². The van der Waals surface area contributed by atoms with Crippen molar-refractivity contribution in [1.82, 2.24) is 20.5 Å². The molecule has 2 N–H and O–H groups in total. The Balaban J connectivity index is 1.14. The molecule has 2 atom stereocenters. The largest absolute Gasteiger partial charge is 0.444 e. The lowest BCUT2D eigenvalue weighted by molar-refractivity contribution is 0.114. The molecule has 5 rings (SSSR count). The zero-order valence-electron chi connectivity index (χ0n) is 19.5. The molecule has 3 heterocycles. The number of oxazole rings is 1. The Bertz CT molecular complexity index is 1060. The molecule has 3 aromatic rings. The number of benzene rings is 2. The molecule has 1 aromatic heterocycles. The van der Waals surface area contributed by atoms with Crippen LogP contribution in [0.4, 0.5) is 0 Å². The number of nitrogens with one attached hydrogen (secondary N) is 2. The Morgan fingerprint density at radius 2 is 1.79 bits per heavy atom. The minimum absolute atomic E-state index is 0.446. The molecular weight excluding hydrogens is 410 g/mol. The minimum atomic E-state index is 0.446. The fraction of sp³-hybridized carbons (Fsp3) is 0.407. The van der Waals surface area contributed by atoms with Gasteiger partial charge in [-0.2, -0.15) is 0 Å². The van der Waals surface area contributed by atoms with Gasteiger partial charge in [-0.3, -0.25) is 9.89 Å². The van der Waals surface area contributed by atoms with Gasteiger partial charge in [-0.25, -0.2) is 4.98 Å². The average Bonchev–Trinajstić information content (AvgIpc) is 3.39. The van der Waals surface area contributed by atoms with Gasteiger partial charge in [0.15, 0.2) is 5.96 Å². The van der Waals surface area contributed by atoms with Crippen LogP contribution in [0.3, 0.4) is 0 Å². The molecule has 6 heteroatoms. The third-order valence-electron chi connectivity index (χ3n) is 6.94. The number of aryl methyl sites for hydroxylation is 1. The molecule has 0 spiro atoms. The Labute approximate surface area is 196 Å². The van der Waals surface area contributed by atoms with E-state index in [4.69, 9.17) is 4.42 Å². The maximum absolute atomic E-state index is 5.69. The molecular formula is C27H33N5O. The van der Waals surface area contributed by atoms with Crippen molar-refractivity contribution in [3.05, 3.63) is 77.7 Å². The zero-order valence-corrected chi connectivity index (χ0v) is 19.5. The van der Waals surface area contributed by atoms with Crippen LogP contribution in [0.5, 0.6) is 0 Å². The van der Waals surface area contributed by atoms with Gasteiger partial charge in [0.25, 0.3) is 0 Å². The normalized spacial score (nSPS) is 23.0.